The first-order chi connectivity index (χ1) is 8.55. The van der Waals surface area contributed by atoms with Crippen LogP contribution in [0.3, 0.4) is 0 Å². The molecule has 1 aliphatic carbocycles. The van der Waals surface area contributed by atoms with Gasteiger partial charge in [-0.3, -0.25) is 4.79 Å². The Hall–Kier alpha value is -0.260. The molecule has 2 aliphatic heterocycles. The van der Waals surface area contributed by atoms with Crippen LogP contribution in [0, 0.1) is 0 Å². The number of nitrogens with zero attached hydrogens (tertiary/aromatic N) is 1. The molecule has 18 heavy (non-hydrogen) atoms. The number of thioether (sulfide) groups is 1. The number of morpholine rings is 1. The summed E-state index contributed by atoms with van der Waals surface area (Å²) in [6.45, 7) is 6.03. The van der Waals surface area contributed by atoms with Crippen molar-refractivity contribution in [1.82, 2.24) is 4.90 Å². The number of ether oxygens (including phenoxy) is 2. The lowest BCUT2D eigenvalue weighted by atomic mass is 10.0. The minimum absolute atomic E-state index is 0.0589. The molecule has 0 spiro atoms. The summed E-state index contributed by atoms with van der Waals surface area (Å²) in [5.74, 6) is 0.869. The fourth-order valence-corrected chi connectivity index (χ4v) is 3.69. The first-order valence-electron chi connectivity index (χ1n) is 6.72. The molecule has 0 radical (unpaired) electrons. The van der Waals surface area contributed by atoms with Gasteiger partial charge in [-0.2, -0.15) is 0 Å². The predicted molar refractivity (Wildman–Crippen MR) is 70.8 cm³/mol. The van der Waals surface area contributed by atoms with Crippen LogP contribution in [0.25, 0.3) is 0 Å². The van der Waals surface area contributed by atoms with E-state index in [1.54, 1.807) is 11.8 Å². The van der Waals surface area contributed by atoms with Crippen molar-refractivity contribution in [3.05, 3.63) is 0 Å². The lowest BCUT2D eigenvalue weighted by Gasteiger charge is -2.45. The molecule has 0 aromatic rings. The third-order valence-corrected chi connectivity index (χ3v) is 5.07. The molecule has 4 nitrogen and oxygen atoms in total. The van der Waals surface area contributed by atoms with Gasteiger partial charge in [0.2, 0.25) is 5.91 Å². The van der Waals surface area contributed by atoms with Gasteiger partial charge in [-0.1, -0.05) is 0 Å². The highest BCUT2D eigenvalue weighted by molar-refractivity contribution is 8.00. The minimum Gasteiger partial charge on any atom is -0.376 e. The number of carbonyl (C=O) groups excluding carboxylic acids is 1. The van der Waals surface area contributed by atoms with Gasteiger partial charge in [0.1, 0.15) is 6.10 Å². The summed E-state index contributed by atoms with van der Waals surface area (Å²) in [6, 6.07) is 0.130. The van der Waals surface area contributed by atoms with Crippen LogP contribution in [0.15, 0.2) is 0 Å². The van der Waals surface area contributed by atoms with Crippen molar-refractivity contribution in [2.75, 3.05) is 25.5 Å². The number of carbonyl (C=O) groups is 1. The van der Waals surface area contributed by atoms with Crippen molar-refractivity contribution in [2.45, 2.75) is 49.7 Å². The molecule has 2 heterocycles. The minimum atomic E-state index is -0.255. The van der Waals surface area contributed by atoms with Gasteiger partial charge in [-0.05, 0) is 26.7 Å². The van der Waals surface area contributed by atoms with E-state index >= 15 is 0 Å². The van der Waals surface area contributed by atoms with Crippen LogP contribution in [0.1, 0.15) is 26.7 Å². The molecule has 0 aromatic carbocycles. The summed E-state index contributed by atoms with van der Waals surface area (Å²) < 4.78 is 11.5. The van der Waals surface area contributed by atoms with Crippen molar-refractivity contribution in [3.8, 4) is 0 Å². The Morgan fingerprint density at radius 2 is 2.17 bits per heavy atom. The molecule has 0 N–H and O–H groups in total. The average molecular weight is 271 g/mol. The van der Waals surface area contributed by atoms with E-state index in [9.17, 15) is 4.79 Å². The second-order valence-electron chi connectivity index (χ2n) is 6.05. The van der Waals surface area contributed by atoms with Crippen LogP contribution in [0.4, 0.5) is 0 Å². The molecule has 0 aromatic heterocycles. The highest BCUT2D eigenvalue weighted by Gasteiger charge is 2.45. The predicted octanol–water partition coefficient (Wildman–Crippen LogP) is 1.29. The van der Waals surface area contributed by atoms with Gasteiger partial charge in [0.15, 0.2) is 0 Å². The number of hydrogen-bond acceptors (Lipinski definition) is 4. The molecule has 102 valence electrons. The van der Waals surface area contributed by atoms with Crippen LogP contribution >= 0.6 is 11.8 Å². The third kappa shape index (κ3) is 2.68. The van der Waals surface area contributed by atoms with Gasteiger partial charge in [-0.25, -0.2) is 0 Å². The molecule has 3 fully saturated rings. The molecule has 3 rings (SSSR count). The van der Waals surface area contributed by atoms with Gasteiger partial charge in [0, 0.05) is 11.8 Å². The van der Waals surface area contributed by atoms with Crippen LogP contribution in [0.5, 0.6) is 0 Å². The Labute approximate surface area is 112 Å². The summed E-state index contributed by atoms with van der Waals surface area (Å²) in [4.78, 5) is 14.4. The van der Waals surface area contributed by atoms with Gasteiger partial charge in [0.25, 0.3) is 0 Å². The summed E-state index contributed by atoms with van der Waals surface area (Å²) in [7, 11) is 0. The normalized spacial score (nSPS) is 34.4. The maximum atomic E-state index is 12.4. The zero-order valence-corrected chi connectivity index (χ0v) is 11.9. The Bertz CT molecular complexity index is 343. The van der Waals surface area contributed by atoms with Crippen molar-refractivity contribution >= 4 is 17.7 Å². The Kier molecular flexibility index (Phi) is 3.32. The SMILES string of the molecule is CC1(C)CN(C(=O)CSC2CC2)[C@@H]2COC[C@H]2O1. The van der Waals surface area contributed by atoms with Crippen LogP contribution in [-0.4, -0.2) is 59.3 Å². The van der Waals surface area contributed by atoms with E-state index in [0.29, 0.717) is 25.5 Å². The first kappa shape index (κ1) is 12.8. The fraction of sp³-hybridized carbons (Fsp3) is 0.923. The topological polar surface area (TPSA) is 38.8 Å². The van der Waals surface area contributed by atoms with Gasteiger partial charge >= 0.3 is 0 Å². The second-order valence-corrected chi connectivity index (χ2v) is 7.34. The number of rotatable bonds is 3. The smallest absolute Gasteiger partial charge is 0.233 e. The average Bonchev–Trinajstić information content (AvgIpc) is 3.02. The first-order valence-corrected chi connectivity index (χ1v) is 7.77. The molecule has 3 aliphatic rings. The van der Waals surface area contributed by atoms with Crippen molar-refractivity contribution in [2.24, 2.45) is 0 Å². The molecule has 1 saturated carbocycles. The molecule has 2 atom stereocenters. The van der Waals surface area contributed by atoms with Crippen molar-refractivity contribution < 1.29 is 14.3 Å². The Morgan fingerprint density at radius 1 is 1.39 bits per heavy atom. The van der Waals surface area contributed by atoms with Crippen LogP contribution in [0.2, 0.25) is 0 Å². The Balaban J connectivity index is 1.65. The van der Waals surface area contributed by atoms with E-state index in [0.717, 1.165) is 5.25 Å². The lowest BCUT2D eigenvalue weighted by molar-refractivity contribution is -0.166. The molecule has 0 bridgehead atoms. The van der Waals surface area contributed by atoms with Crippen molar-refractivity contribution in [1.29, 1.82) is 0 Å². The summed E-state index contributed by atoms with van der Waals surface area (Å²) in [5.41, 5.74) is -0.255. The number of amides is 1. The highest BCUT2D eigenvalue weighted by atomic mass is 32.2. The second kappa shape index (κ2) is 4.69. The van der Waals surface area contributed by atoms with E-state index in [2.05, 4.69) is 13.8 Å². The molecular formula is C13H21NO3S. The van der Waals surface area contributed by atoms with E-state index in [4.69, 9.17) is 9.47 Å². The molecule has 1 amide bonds. The summed E-state index contributed by atoms with van der Waals surface area (Å²) in [6.07, 6.45) is 2.62. The van der Waals surface area contributed by atoms with E-state index < -0.39 is 0 Å². The lowest BCUT2D eigenvalue weighted by Crippen LogP contribution is -2.60. The molecular weight excluding hydrogens is 250 g/mol. The molecule has 2 saturated heterocycles. The third-order valence-electron chi connectivity index (χ3n) is 3.71. The van der Waals surface area contributed by atoms with Crippen LogP contribution in [-0.2, 0) is 14.3 Å². The monoisotopic (exact) mass is 271 g/mol. The fourth-order valence-electron chi connectivity index (χ4n) is 2.68. The number of hydrogen-bond donors (Lipinski definition) is 0. The quantitative estimate of drug-likeness (QED) is 0.775. The number of fused-ring (bicyclic) bond motifs is 1. The maximum Gasteiger partial charge on any atom is 0.233 e. The zero-order chi connectivity index (χ0) is 12.8. The van der Waals surface area contributed by atoms with E-state index in [1.165, 1.54) is 12.8 Å². The zero-order valence-electron chi connectivity index (χ0n) is 11.1. The Morgan fingerprint density at radius 3 is 2.89 bits per heavy atom. The largest absolute Gasteiger partial charge is 0.376 e. The summed E-state index contributed by atoms with van der Waals surface area (Å²) >= 11 is 1.81. The summed E-state index contributed by atoms with van der Waals surface area (Å²) in [5, 5.41) is 0.735. The molecule has 5 heteroatoms. The van der Waals surface area contributed by atoms with E-state index in [1.807, 2.05) is 4.90 Å². The van der Waals surface area contributed by atoms with Gasteiger partial charge < -0.3 is 14.4 Å². The molecule has 0 unspecified atom stereocenters. The highest BCUT2D eigenvalue weighted by Crippen LogP contribution is 2.35. The van der Waals surface area contributed by atoms with E-state index in [-0.39, 0.29) is 23.7 Å². The van der Waals surface area contributed by atoms with Gasteiger partial charge in [0.05, 0.1) is 30.6 Å². The van der Waals surface area contributed by atoms with Crippen LogP contribution < -0.4 is 0 Å². The van der Waals surface area contributed by atoms with Crippen molar-refractivity contribution in [3.63, 3.8) is 0 Å². The van der Waals surface area contributed by atoms with Gasteiger partial charge in [-0.15, -0.1) is 11.8 Å². The standard InChI is InChI=1S/C13H21NO3S/c1-13(2)8-14(10-5-16-6-11(10)17-13)12(15)7-18-9-3-4-9/h9-11H,3-8H2,1-2H3/t10-,11-/m1/s1. The maximum absolute atomic E-state index is 12.4.